The average Bonchev–Trinajstić information content (AvgIpc) is 2.69. The summed E-state index contributed by atoms with van der Waals surface area (Å²) < 4.78 is 6.54. The Bertz CT molecular complexity index is 603. The van der Waals surface area contributed by atoms with Gasteiger partial charge in [-0.25, -0.2) is 4.79 Å². The van der Waals surface area contributed by atoms with Crippen LogP contribution in [0.3, 0.4) is 0 Å². The van der Waals surface area contributed by atoms with Crippen LogP contribution in [-0.4, -0.2) is 22.8 Å². The minimum atomic E-state index is -0.432. The number of fused-ring (bicyclic) bond motifs is 1. The molecular formula is C12H14N2O3S. The van der Waals surface area contributed by atoms with Crippen molar-refractivity contribution in [2.45, 2.75) is 13.0 Å². The van der Waals surface area contributed by atoms with Gasteiger partial charge in [0.2, 0.25) is 5.91 Å². The molecule has 2 aromatic rings. The van der Waals surface area contributed by atoms with Crippen molar-refractivity contribution in [3.8, 4) is 0 Å². The highest BCUT2D eigenvalue weighted by Gasteiger charge is 2.09. The molecule has 1 aromatic carbocycles. The average molecular weight is 266 g/mol. The fraction of sp³-hybridized carbons (Fsp3) is 0.333. The number of benzene rings is 1. The van der Waals surface area contributed by atoms with Gasteiger partial charge in [0.1, 0.15) is 0 Å². The van der Waals surface area contributed by atoms with Gasteiger partial charge in [-0.3, -0.25) is 9.36 Å². The van der Waals surface area contributed by atoms with E-state index in [4.69, 9.17) is 4.42 Å². The van der Waals surface area contributed by atoms with Crippen molar-refractivity contribution in [3.05, 3.63) is 34.8 Å². The molecule has 96 valence electrons. The van der Waals surface area contributed by atoms with E-state index in [0.717, 1.165) is 0 Å². The molecule has 0 atom stereocenters. The van der Waals surface area contributed by atoms with Crippen LogP contribution in [0.5, 0.6) is 0 Å². The molecule has 0 saturated carbocycles. The van der Waals surface area contributed by atoms with Gasteiger partial charge in [0, 0.05) is 25.3 Å². The summed E-state index contributed by atoms with van der Waals surface area (Å²) in [5.74, 6) is 0.0692. The summed E-state index contributed by atoms with van der Waals surface area (Å²) in [6, 6.07) is 7.16. The van der Waals surface area contributed by atoms with Gasteiger partial charge >= 0.3 is 5.76 Å². The van der Waals surface area contributed by atoms with Crippen LogP contribution in [0.15, 0.2) is 33.5 Å². The zero-order valence-corrected chi connectivity index (χ0v) is 10.7. The fourth-order valence-corrected chi connectivity index (χ4v) is 1.83. The normalized spacial score (nSPS) is 10.7. The number of nitrogens with zero attached hydrogens (tertiary/aromatic N) is 1. The molecule has 1 amide bonds. The SMILES string of the molecule is O=C(CCn1c(=O)oc2ccccc21)NCCS. The summed E-state index contributed by atoms with van der Waals surface area (Å²) in [5, 5.41) is 2.70. The number of aryl methyl sites for hydroxylation is 1. The molecular weight excluding hydrogens is 252 g/mol. The molecule has 0 saturated heterocycles. The molecule has 0 spiro atoms. The maximum Gasteiger partial charge on any atom is 0.419 e. The first-order valence-corrected chi connectivity index (χ1v) is 6.31. The smallest absolute Gasteiger partial charge is 0.408 e. The molecule has 1 N–H and O–H groups in total. The summed E-state index contributed by atoms with van der Waals surface area (Å²) in [5.41, 5.74) is 1.25. The lowest BCUT2D eigenvalue weighted by Crippen LogP contribution is -2.27. The molecule has 1 heterocycles. The number of hydrogen-bond acceptors (Lipinski definition) is 4. The van der Waals surface area contributed by atoms with Crippen molar-refractivity contribution in [2.24, 2.45) is 0 Å². The summed E-state index contributed by atoms with van der Waals surface area (Å²) in [7, 11) is 0. The molecule has 0 unspecified atom stereocenters. The van der Waals surface area contributed by atoms with E-state index in [0.29, 0.717) is 29.9 Å². The topological polar surface area (TPSA) is 64.2 Å². The van der Waals surface area contributed by atoms with Gasteiger partial charge in [-0.1, -0.05) is 12.1 Å². The zero-order valence-electron chi connectivity index (χ0n) is 9.76. The van der Waals surface area contributed by atoms with E-state index < -0.39 is 5.76 Å². The Balaban J connectivity index is 2.10. The van der Waals surface area contributed by atoms with Crippen molar-refractivity contribution >= 4 is 29.6 Å². The Kier molecular flexibility index (Phi) is 4.09. The Hall–Kier alpha value is -1.69. The lowest BCUT2D eigenvalue weighted by Gasteiger charge is -2.03. The lowest BCUT2D eigenvalue weighted by atomic mass is 10.3. The van der Waals surface area contributed by atoms with Gasteiger partial charge in [0.05, 0.1) is 5.52 Å². The van der Waals surface area contributed by atoms with Crippen LogP contribution < -0.4 is 11.1 Å². The van der Waals surface area contributed by atoms with Crippen molar-refractivity contribution < 1.29 is 9.21 Å². The van der Waals surface area contributed by atoms with Gasteiger partial charge in [-0.2, -0.15) is 12.6 Å². The second kappa shape index (κ2) is 5.77. The number of nitrogens with one attached hydrogen (secondary N) is 1. The van der Waals surface area contributed by atoms with E-state index >= 15 is 0 Å². The number of para-hydroxylation sites is 2. The predicted octanol–water partition coefficient (Wildman–Crippen LogP) is 1.03. The molecule has 0 bridgehead atoms. The highest BCUT2D eigenvalue weighted by atomic mass is 32.1. The third kappa shape index (κ3) is 2.76. The van der Waals surface area contributed by atoms with E-state index in [9.17, 15) is 9.59 Å². The van der Waals surface area contributed by atoms with Crippen molar-refractivity contribution in [2.75, 3.05) is 12.3 Å². The van der Waals surface area contributed by atoms with Crippen LogP contribution in [0.1, 0.15) is 6.42 Å². The monoisotopic (exact) mass is 266 g/mol. The Morgan fingerprint density at radius 2 is 2.17 bits per heavy atom. The van der Waals surface area contributed by atoms with Gasteiger partial charge in [-0.15, -0.1) is 0 Å². The van der Waals surface area contributed by atoms with Gasteiger partial charge < -0.3 is 9.73 Å². The second-order valence-corrected chi connectivity index (χ2v) is 4.26. The van der Waals surface area contributed by atoms with Gasteiger partial charge in [-0.05, 0) is 12.1 Å². The van der Waals surface area contributed by atoms with Crippen LogP contribution in [0.25, 0.3) is 11.1 Å². The quantitative estimate of drug-likeness (QED) is 0.794. The molecule has 0 fully saturated rings. The summed E-state index contributed by atoms with van der Waals surface area (Å²) in [4.78, 5) is 23.1. The number of hydrogen-bond donors (Lipinski definition) is 2. The van der Waals surface area contributed by atoms with Gasteiger partial charge in [0.15, 0.2) is 5.58 Å². The lowest BCUT2D eigenvalue weighted by molar-refractivity contribution is -0.121. The molecule has 18 heavy (non-hydrogen) atoms. The van der Waals surface area contributed by atoms with E-state index in [1.807, 2.05) is 6.07 Å². The molecule has 6 heteroatoms. The Morgan fingerprint density at radius 3 is 2.94 bits per heavy atom. The minimum Gasteiger partial charge on any atom is -0.408 e. The summed E-state index contributed by atoms with van der Waals surface area (Å²) in [6.07, 6.45) is 0.247. The number of thiol groups is 1. The Morgan fingerprint density at radius 1 is 1.39 bits per heavy atom. The first-order valence-electron chi connectivity index (χ1n) is 5.68. The molecule has 2 rings (SSSR count). The number of amides is 1. The number of carbonyl (C=O) groups excluding carboxylic acids is 1. The van der Waals surface area contributed by atoms with Crippen LogP contribution in [0.4, 0.5) is 0 Å². The number of oxazole rings is 1. The maximum absolute atomic E-state index is 11.6. The maximum atomic E-state index is 11.6. The highest BCUT2D eigenvalue weighted by Crippen LogP contribution is 2.11. The second-order valence-electron chi connectivity index (χ2n) is 3.81. The van der Waals surface area contributed by atoms with Crippen LogP contribution >= 0.6 is 12.6 Å². The molecule has 0 radical (unpaired) electrons. The highest BCUT2D eigenvalue weighted by molar-refractivity contribution is 7.80. The minimum absolute atomic E-state index is 0.0961. The van der Waals surface area contributed by atoms with E-state index in [1.54, 1.807) is 18.2 Å². The van der Waals surface area contributed by atoms with Crippen molar-refractivity contribution in [3.63, 3.8) is 0 Å². The van der Waals surface area contributed by atoms with E-state index in [1.165, 1.54) is 4.57 Å². The summed E-state index contributed by atoms with van der Waals surface area (Å²) >= 11 is 4.00. The first kappa shape index (κ1) is 12.8. The summed E-state index contributed by atoms with van der Waals surface area (Å²) in [6.45, 7) is 0.844. The third-order valence-corrected chi connectivity index (χ3v) is 2.79. The van der Waals surface area contributed by atoms with Gasteiger partial charge in [0.25, 0.3) is 0 Å². The number of aromatic nitrogens is 1. The zero-order chi connectivity index (χ0) is 13.0. The van der Waals surface area contributed by atoms with Crippen LogP contribution in [0.2, 0.25) is 0 Å². The first-order chi connectivity index (χ1) is 8.72. The largest absolute Gasteiger partial charge is 0.419 e. The van der Waals surface area contributed by atoms with Crippen molar-refractivity contribution in [1.82, 2.24) is 9.88 Å². The van der Waals surface area contributed by atoms with E-state index in [-0.39, 0.29) is 12.3 Å². The predicted molar refractivity (Wildman–Crippen MR) is 72.0 cm³/mol. The number of carbonyl (C=O) groups is 1. The van der Waals surface area contributed by atoms with Crippen LogP contribution in [0, 0.1) is 0 Å². The standard InChI is InChI=1S/C12H14N2O3S/c15-11(13-6-8-18)5-7-14-9-3-1-2-4-10(9)17-12(14)16/h1-4,18H,5-8H2,(H,13,15). The fourth-order valence-electron chi connectivity index (χ4n) is 1.72. The third-order valence-electron chi connectivity index (χ3n) is 2.57. The van der Waals surface area contributed by atoms with Crippen molar-refractivity contribution in [1.29, 1.82) is 0 Å². The molecule has 5 nitrogen and oxygen atoms in total. The van der Waals surface area contributed by atoms with Crippen LogP contribution in [-0.2, 0) is 11.3 Å². The van der Waals surface area contributed by atoms with E-state index in [2.05, 4.69) is 17.9 Å². The molecule has 0 aliphatic rings. The Labute approximate surface area is 109 Å². The molecule has 0 aliphatic heterocycles. The molecule has 0 aliphatic carbocycles. The molecule has 1 aromatic heterocycles. The number of rotatable bonds is 5.